The van der Waals surface area contributed by atoms with E-state index in [1.165, 1.54) is 4.88 Å². The molecule has 0 saturated carbocycles. The van der Waals surface area contributed by atoms with Crippen LogP contribution >= 0.6 is 35.3 Å². The van der Waals surface area contributed by atoms with Gasteiger partial charge in [0.2, 0.25) is 5.91 Å². The van der Waals surface area contributed by atoms with Gasteiger partial charge in [0.25, 0.3) is 0 Å². The third kappa shape index (κ3) is 6.03. The van der Waals surface area contributed by atoms with Crippen LogP contribution in [0.15, 0.2) is 4.99 Å². The molecule has 158 valence electrons. The first-order chi connectivity index (χ1) is 13.1. The number of carbonyl (C=O) groups excluding carboxylic acids is 1. The summed E-state index contributed by atoms with van der Waals surface area (Å²) in [5.74, 6) is 1.36. The Labute approximate surface area is 189 Å². The summed E-state index contributed by atoms with van der Waals surface area (Å²) in [5.41, 5.74) is 1.10. The van der Waals surface area contributed by atoms with E-state index >= 15 is 0 Å². The first-order valence-corrected chi connectivity index (χ1v) is 10.7. The van der Waals surface area contributed by atoms with Crippen LogP contribution < -0.4 is 5.32 Å². The molecule has 1 amide bonds. The number of morpholine rings is 1. The highest BCUT2D eigenvalue weighted by Gasteiger charge is 2.30. The monoisotopic (exact) mass is 521 g/mol. The van der Waals surface area contributed by atoms with E-state index in [9.17, 15) is 4.79 Å². The van der Waals surface area contributed by atoms with Gasteiger partial charge in [0, 0.05) is 43.5 Å². The molecule has 0 spiro atoms. The second kappa shape index (κ2) is 11.3. The molecule has 1 N–H and O–H groups in total. The molecule has 28 heavy (non-hydrogen) atoms. The number of aliphatic imine (C=N–C) groups is 1. The number of hydrogen-bond donors (Lipinski definition) is 1. The number of nitrogens with zero attached hydrogens (tertiary/aromatic N) is 4. The number of amides is 1. The quantitative estimate of drug-likeness (QED) is 0.375. The van der Waals surface area contributed by atoms with Gasteiger partial charge in [0.05, 0.1) is 25.5 Å². The summed E-state index contributed by atoms with van der Waals surface area (Å²) in [6.07, 6.45) is 1.77. The van der Waals surface area contributed by atoms with E-state index in [1.807, 2.05) is 11.8 Å². The number of likely N-dealkylation sites (tertiary alicyclic amines) is 1. The predicted octanol–water partition coefficient (Wildman–Crippen LogP) is 2.41. The van der Waals surface area contributed by atoms with Gasteiger partial charge in [-0.3, -0.25) is 4.79 Å². The van der Waals surface area contributed by atoms with E-state index in [1.54, 1.807) is 11.3 Å². The largest absolute Gasteiger partial charge is 0.378 e. The molecule has 0 aliphatic carbocycles. The van der Waals surface area contributed by atoms with Crippen molar-refractivity contribution in [2.24, 2.45) is 10.9 Å². The third-order valence-corrected chi connectivity index (χ3v) is 6.30. The summed E-state index contributed by atoms with van der Waals surface area (Å²) in [6, 6.07) is 0. The Kier molecular flexibility index (Phi) is 9.42. The van der Waals surface area contributed by atoms with Gasteiger partial charge < -0.3 is 19.9 Å². The fourth-order valence-corrected chi connectivity index (χ4v) is 4.41. The average Bonchev–Trinajstić information content (AvgIpc) is 3.03. The van der Waals surface area contributed by atoms with Crippen molar-refractivity contribution >= 4 is 47.2 Å². The summed E-state index contributed by atoms with van der Waals surface area (Å²) in [6.45, 7) is 12.2. The molecule has 0 radical (unpaired) electrons. The van der Waals surface area contributed by atoms with E-state index in [2.05, 4.69) is 29.0 Å². The Hall–Kier alpha value is -0.940. The molecule has 3 heterocycles. The van der Waals surface area contributed by atoms with Crippen molar-refractivity contribution in [1.82, 2.24) is 20.1 Å². The van der Waals surface area contributed by atoms with Gasteiger partial charge in [-0.05, 0) is 33.6 Å². The zero-order chi connectivity index (χ0) is 19.2. The van der Waals surface area contributed by atoms with Gasteiger partial charge in [-0.25, -0.2) is 9.98 Å². The lowest BCUT2D eigenvalue weighted by Gasteiger charge is -2.36. The number of hydrogen-bond acceptors (Lipinski definition) is 5. The highest BCUT2D eigenvalue weighted by Crippen LogP contribution is 2.21. The van der Waals surface area contributed by atoms with E-state index < -0.39 is 0 Å². The number of halogens is 1. The molecule has 2 aliphatic rings. The lowest BCUT2D eigenvalue weighted by Crippen LogP contribution is -2.50. The molecule has 9 heteroatoms. The lowest BCUT2D eigenvalue weighted by molar-refractivity contribution is -0.140. The Morgan fingerprint density at radius 3 is 2.46 bits per heavy atom. The van der Waals surface area contributed by atoms with Gasteiger partial charge in [-0.2, -0.15) is 0 Å². The molecule has 2 aliphatic heterocycles. The van der Waals surface area contributed by atoms with Crippen molar-refractivity contribution in [1.29, 1.82) is 0 Å². The number of aryl methyl sites for hydroxylation is 2. The molecular formula is C19H32IN5O2S. The first kappa shape index (κ1) is 23.3. The summed E-state index contributed by atoms with van der Waals surface area (Å²) in [4.78, 5) is 27.6. The van der Waals surface area contributed by atoms with Crippen LogP contribution in [0.25, 0.3) is 0 Å². The number of ether oxygens (including phenoxy) is 1. The van der Waals surface area contributed by atoms with Crippen LogP contribution in [0.4, 0.5) is 0 Å². The van der Waals surface area contributed by atoms with Gasteiger partial charge >= 0.3 is 0 Å². The van der Waals surface area contributed by atoms with Crippen molar-refractivity contribution in [2.75, 3.05) is 45.9 Å². The summed E-state index contributed by atoms with van der Waals surface area (Å²) in [7, 11) is 0. The zero-order valence-corrected chi connectivity index (χ0v) is 20.2. The lowest BCUT2D eigenvalue weighted by atomic mass is 9.95. The topological polar surface area (TPSA) is 70.1 Å². The molecule has 0 aromatic carbocycles. The van der Waals surface area contributed by atoms with Crippen molar-refractivity contribution < 1.29 is 9.53 Å². The molecule has 2 fully saturated rings. The number of rotatable bonds is 4. The van der Waals surface area contributed by atoms with Crippen molar-refractivity contribution in [3.8, 4) is 0 Å². The molecule has 0 unspecified atom stereocenters. The number of guanidine groups is 1. The zero-order valence-electron chi connectivity index (χ0n) is 17.1. The fraction of sp³-hybridized carbons (Fsp3) is 0.737. The molecule has 3 rings (SSSR count). The van der Waals surface area contributed by atoms with Crippen LogP contribution in [-0.4, -0.2) is 72.6 Å². The van der Waals surface area contributed by atoms with E-state index in [0.717, 1.165) is 62.2 Å². The van der Waals surface area contributed by atoms with Crippen molar-refractivity contribution in [3.05, 3.63) is 15.6 Å². The highest BCUT2D eigenvalue weighted by molar-refractivity contribution is 14.0. The van der Waals surface area contributed by atoms with Crippen LogP contribution in [0.2, 0.25) is 0 Å². The summed E-state index contributed by atoms with van der Waals surface area (Å²) >= 11 is 1.72. The van der Waals surface area contributed by atoms with Gasteiger partial charge in [-0.15, -0.1) is 35.3 Å². The standard InChI is InChI=1S/C19H31N5O2S.HI/c1-4-20-19(21-13-17-22-14(2)15(3)27-17)24-7-5-16(6-8-24)18(25)23-9-11-26-12-10-23;/h16H,4-13H2,1-3H3,(H,20,21);1H. The second-order valence-corrected chi connectivity index (χ2v) is 8.41. The molecule has 1 aromatic rings. The average molecular weight is 521 g/mol. The maximum Gasteiger partial charge on any atom is 0.225 e. The van der Waals surface area contributed by atoms with Gasteiger partial charge in [0.1, 0.15) is 5.01 Å². The minimum atomic E-state index is 0. The molecule has 1 aromatic heterocycles. The van der Waals surface area contributed by atoms with Gasteiger partial charge in [0.15, 0.2) is 5.96 Å². The Balaban J connectivity index is 0.00000280. The maximum absolute atomic E-state index is 12.7. The SMILES string of the molecule is CCNC(=NCc1nc(C)c(C)s1)N1CCC(C(=O)N2CCOCC2)CC1.I. The number of thiazole rings is 1. The minimum Gasteiger partial charge on any atom is -0.378 e. The maximum atomic E-state index is 12.7. The Bertz CT molecular complexity index is 648. The number of carbonyl (C=O) groups is 1. The normalized spacial score (nSPS) is 18.8. The number of aromatic nitrogens is 1. The summed E-state index contributed by atoms with van der Waals surface area (Å²) in [5, 5.41) is 4.45. The second-order valence-electron chi connectivity index (χ2n) is 7.12. The van der Waals surface area contributed by atoms with E-state index in [4.69, 9.17) is 9.73 Å². The molecule has 0 bridgehead atoms. The predicted molar refractivity (Wildman–Crippen MR) is 124 cm³/mol. The molecule has 7 nitrogen and oxygen atoms in total. The highest BCUT2D eigenvalue weighted by atomic mass is 127. The molecule has 0 atom stereocenters. The number of piperidine rings is 1. The van der Waals surface area contributed by atoms with E-state index in [-0.39, 0.29) is 29.9 Å². The van der Waals surface area contributed by atoms with E-state index in [0.29, 0.717) is 25.7 Å². The Morgan fingerprint density at radius 1 is 1.21 bits per heavy atom. The van der Waals surface area contributed by atoms with Gasteiger partial charge in [-0.1, -0.05) is 0 Å². The van der Waals surface area contributed by atoms with Crippen molar-refractivity contribution in [2.45, 2.75) is 40.2 Å². The number of nitrogens with one attached hydrogen (secondary N) is 1. The smallest absolute Gasteiger partial charge is 0.225 e. The van der Waals surface area contributed by atoms with Crippen LogP contribution in [0.3, 0.4) is 0 Å². The summed E-state index contributed by atoms with van der Waals surface area (Å²) < 4.78 is 5.35. The third-order valence-electron chi connectivity index (χ3n) is 5.24. The Morgan fingerprint density at radius 2 is 1.89 bits per heavy atom. The van der Waals surface area contributed by atoms with Crippen LogP contribution in [0.5, 0.6) is 0 Å². The van der Waals surface area contributed by atoms with Crippen molar-refractivity contribution in [3.63, 3.8) is 0 Å². The first-order valence-electron chi connectivity index (χ1n) is 9.91. The van der Waals surface area contributed by atoms with Crippen LogP contribution in [0.1, 0.15) is 35.3 Å². The molecular weight excluding hydrogens is 489 g/mol. The fourth-order valence-electron chi connectivity index (χ4n) is 3.56. The molecule has 2 saturated heterocycles. The van der Waals surface area contributed by atoms with Crippen LogP contribution in [0, 0.1) is 19.8 Å². The minimum absolute atomic E-state index is 0. The van der Waals surface area contributed by atoms with Crippen LogP contribution in [-0.2, 0) is 16.1 Å².